The summed E-state index contributed by atoms with van der Waals surface area (Å²) in [6.45, 7) is 2.11. The van der Waals surface area contributed by atoms with Crippen LogP contribution >= 0.6 is 11.6 Å². The highest BCUT2D eigenvalue weighted by molar-refractivity contribution is 6.32. The first-order valence-corrected chi connectivity index (χ1v) is 7.66. The number of hydrogen-bond donors (Lipinski definition) is 2. The zero-order chi connectivity index (χ0) is 17.3. The topological polar surface area (TPSA) is 45.7 Å². The fourth-order valence-electron chi connectivity index (χ4n) is 1.74. The molecule has 0 saturated heterocycles. The van der Waals surface area contributed by atoms with E-state index in [0.29, 0.717) is 29.7 Å². The standard InChI is InChI=1S/C15H21ClF3N3O/c1-3-11(23-13-7-5-4-6-12(13)16)10-22-14(20-2)21-9-8-15(17,18)19/h4-7,11H,3,8-10H2,1-2H3,(H2,20,21,22). The Morgan fingerprint density at radius 2 is 2.00 bits per heavy atom. The highest BCUT2D eigenvalue weighted by Gasteiger charge is 2.26. The first kappa shape index (κ1) is 19.4. The maximum atomic E-state index is 12.1. The fourth-order valence-corrected chi connectivity index (χ4v) is 1.92. The van der Waals surface area contributed by atoms with Crippen LogP contribution in [0.25, 0.3) is 0 Å². The first-order chi connectivity index (χ1) is 10.9. The van der Waals surface area contributed by atoms with Crippen molar-refractivity contribution in [2.45, 2.75) is 32.0 Å². The number of rotatable bonds is 7. The summed E-state index contributed by atoms with van der Waals surface area (Å²) in [6.07, 6.45) is -4.58. The Hall–Kier alpha value is -1.63. The number of alkyl halides is 3. The van der Waals surface area contributed by atoms with Gasteiger partial charge in [0.1, 0.15) is 11.9 Å². The van der Waals surface area contributed by atoms with Gasteiger partial charge in [-0.2, -0.15) is 13.2 Å². The average Bonchev–Trinajstić information content (AvgIpc) is 2.50. The second-order valence-electron chi connectivity index (χ2n) is 4.82. The highest BCUT2D eigenvalue weighted by atomic mass is 35.5. The molecule has 0 aliphatic carbocycles. The number of nitrogens with one attached hydrogen (secondary N) is 2. The molecule has 0 saturated carbocycles. The lowest BCUT2D eigenvalue weighted by Gasteiger charge is -2.20. The SMILES string of the molecule is CCC(CNC(=NC)NCCC(F)(F)F)Oc1ccccc1Cl. The van der Waals surface area contributed by atoms with Crippen LogP contribution in [-0.4, -0.2) is 38.4 Å². The van der Waals surface area contributed by atoms with Crippen molar-refractivity contribution in [3.8, 4) is 5.75 Å². The van der Waals surface area contributed by atoms with E-state index in [0.717, 1.165) is 0 Å². The molecule has 1 unspecified atom stereocenters. The Bertz CT molecular complexity index is 509. The summed E-state index contributed by atoms with van der Waals surface area (Å²) in [6, 6.07) is 7.12. The number of aliphatic imine (C=N–C) groups is 1. The Morgan fingerprint density at radius 1 is 1.30 bits per heavy atom. The number of ether oxygens (including phenoxy) is 1. The normalized spacial score (nSPS) is 13.6. The molecule has 0 aliphatic rings. The molecule has 0 amide bonds. The van der Waals surface area contributed by atoms with Gasteiger partial charge < -0.3 is 15.4 Å². The third kappa shape index (κ3) is 7.97. The molecule has 1 aromatic rings. The average molecular weight is 352 g/mol. The molecule has 0 fully saturated rings. The number of nitrogens with zero attached hydrogens (tertiary/aromatic N) is 1. The van der Waals surface area contributed by atoms with E-state index in [1.54, 1.807) is 18.2 Å². The van der Waals surface area contributed by atoms with Crippen LogP contribution in [0.1, 0.15) is 19.8 Å². The maximum Gasteiger partial charge on any atom is 0.390 e. The fraction of sp³-hybridized carbons (Fsp3) is 0.533. The Balaban J connectivity index is 2.44. The molecule has 4 nitrogen and oxygen atoms in total. The van der Waals surface area contributed by atoms with Crippen LogP contribution in [-0.2, 0) is 0 Å². The van der Waals surface area contributed by atoms with E-state index in [-0.39, 0.29) is 12.6 Å². The largest absolute Gasteiger partial charge is 0.487 e. The van der Waals surface area contributed by atoms with Crippen molar-refractivity contribution in [3.05, 3.63) is 29.3 Å². The molecule has 0 aliphatic heterocycles. The molecule has 1 atom stereocenters. The molecule has 0 aromatic heterocycles. The van der Waals surface area contributed by atoms with Crippen LogP contribution in [0.4, 0.5) is 13.2 Å². The van der Waals surface area contributed by atoms with E-state index in [2.05, 4.69) is 15.6 Å². The minimum atomic E-state index is -4.19. The summed E-state index contributed by atoms with van der Waals surface area (Å²) in [5.41, 5.74) is 0. The second-order valence-corrected chi connectivity index (χ2v) is 5.23. The summed E-state index contributed by atoms with van der Waals surface area (Å²) in [7, 11) is 1.50. The van der Waals surface area contributed by atoms with Gasteiger partial charge in [0.25, 0.3) is 0 Å². The molecule has 1 aromatic carbocycles. The highest BCUT2D eigenvalue weighted by Crippen LogP contribution is 2.24. The molecule has 0 heterocycles. The van der Waals surface area contributed by atoms with E-state index in [4.69, 9.17) is 16.3 Å². The van der Waals surface area contributed by atoms with Crippen molar-refractivity contribution >= 4 is 17.6 Å². The number of halogens is 4. The van der Waals surface area contributed by atoms with Gasteiger partial charge in [0, 0.05) is 13.6 Å². The molecular formula is C15H21ClF3N3O. The molecule has 23 heavy (non-hydrogen) atoms. The predicted molar refractivity (Wildman–Crippen MR) is 86.2 cm³/mol. The monoisotopic (exact) mass is 351 g/mol. The van der Waals surface area contributed by atoms with Gasteiger partial charge in [-0.05, 0) is 18.6 Å². The van der Waals surface area contributed by atoms with Crippen LogP contribution in [0.15, 0.2) is 29.3 Å². The summed E-state index contributed by atoms with van der Waals surface area (Å²) in [5, 5.41) is 6.08. The van der Waals surface area contributed by atoms with Crippen LogP contribution in [0.5, 0.6) is 5.75 Å². The van der Waals surface area contributed by atoms with E-state index in [1.165, 1.54) is 7.05 Å². The van der Waals surface area contributed by atoms with Crippen LogP contribution < -0.4 is 15.4 Å². The zero-order valence-corrected chi connectivity index (χ0v) is 13.8. The number of hydrogen-bond acceptors (Lipinski definition) is 2. The van der Waals surface area contributed by atoms with Crippen LogP contribution in [0.3, 0.4) is 0 Å². The second kappa shape index (κ2) is 9.50. The quantitative estimate of drug-likeness (QED) is 0.582. The number of benzene rings is 1. The van der Waals surface area contributed by atoms with Gasteiger partial charge in [-0.15, -0.1) is 0 Å². The Morgan fingerprint density at radius 3 is 2.57 bits per heavy atom. The van der Waals surface area contributed by atoms with Crippen molar-refractivity contribution in [3.63, 3.8) is 0 Å². The van der Waals surface area contributed by atoms with E-state index in [1.807, 2.05) is 13.0 Å². The van der Waals surface area contributed by atoms with Gasteiger partial charge in [-0.3, -0.25) is 4.99 Å². The third-order valence-electron chi connectivity index (χ3n) is 3.01. The minimum Gasteiger partial charge on any atom is -0.487 e. The summed E-state index contributed by atoms with van der Waals surface area (Å²) >= 11 is 6.04. The summed E-state index contributed by atoms with van der Waals surface area (Å²) in [4.78, 5) is 3.88. The molecular weight excluding hydrogens is 331 g/mol. The third-order valence-corrected chi connectivity index (χ3v) is 3.32. The summed E-state index contributed by atoms with van der Waals surface area (Å²) in [5.74, 6) is 0.873. The van der Waals surface area contributed by atoms with Gasteiger partial charge in [-0.1, -0.05) is 30.7 Å². The zero-order valence-electron chi connectivity index (χ0n) is 13.1. The molecule has 0 spiro atoms. The number of para-hydroxylation sites is 1. The lowest BCUT2D eigenvalue weighted by molar-refractivity contribution is -0.132. The minimum absolute atomic E-state index is 0.184. The summed E-state index contributed by atoms with van der Waals surface area (Å²) < 4.78 is 42.2. The van der Waals surface area contributed by atoms with Gasteiger partial charge in [0.05, 0.1) is 18.0 Å². The van der Waals surface area contributed by atoms with Crippen LogP contribution in [0, 0.1) is 0 Å². The van der Waals surface area contributed by atoms with E-state index < -0.39 is 12.6 Å². The maximum absolute atomic E-state index is 12.1. The van der Waals surface area contributed by atoms with Crippen molar-refractivity contribution in [2.24, 2.45) is 4.99 Å². The first-order valence-electron chi connectivity index (χ1n) is 7.28. The lowest BCUT2D eigenvalue weighted by Crippen LogP contribution is -2.43. The van der Waals surface area contributed by atoms with Gasteiger partial charge in [0.15, 0.2) is 5.96 Å². The molecule has 130 valence electrons. The molecule has 2 N–H and O–H groups in total. The number of guanidine groups is 1. The lowest BCUT2D eigenvalue weighted by atomic mass is 10.2. The van der Waals surface area contributed by atoms with Crippen molar-refractivity contribution in [1.29, 1.82) is 0 Å². The van der Waals surface area contributed by atoms with E-state index >= 15 is 0 Å². The Labute approximate surface area is 139 Å². The van der Waals surface area contributed by atoms with Crippen molar-refractivity contribution in [2.75, 3.05) is 20.1 Å². The van der Waals surface area contributed by atoms with Gasteiger partial charge >= 0.3 is 6.18 Å². The smallest absolute Gasteiger partial charge is 0.390 e. The van der Waals surface area contributed by atoms with E-state index in [9.17, 15) is 13.2 Å². The molecule has 1 rings (SSSR count). The molecule has 0 radical (unpaired) electrons. The van der Waals surface area contributed by atoms with Crippen molar-refractivity contribution in [1.82, 2.24) is 10.6 Å². The molecule has 8 heteroatoms. The van der Waals surface area contributed by atoms with Crippen LogP contribution in [0.2, 0.25) is 5.02 Å². The van der Waals surface area contributed by atoms with Gasteiger partial charge in [-0.25, -0.2) is 0 Å². The molecule has 0 bridgehead atoms. The Kier molecular flexibility index (Phi) is 8.02. The predicted octanol–water partition coefficient (Wildman–Crippen LogP) is 3.61. The van der Waals surface area contributed by atoms with Gasteiger partial charge in [0.2, 0.25) is 0 Å². The van der Waals surface area contributed by atoms with Crippen molar-refractivity contribution < 1.29 is 17.9 Å².